The van der Waals surface area contributed by atoms with E-state index in [2.05, 4.69) is 0 Å². The second kappa shape index (κ2) is 4.74. The molecule has 0 heterocycles. The average Bonchev–Trinajstić information content (AvgIpc) is 3.11. The zero-order valence-corrected chi connectivity index (χ0v) is 9.90. The molecule has 0 saturated heterocycles. The van der Waals surface area contributed by atoms with E-state index in [1.54, 1.807) is 14.2 Å². The van der Waals surface area contributed by atoms with Gasteiger partial charge in [0.05, 0.1) is 14.2 Å². The third-order valence-electron chi connectivity index (χ3n) is 3.12. The van der Waals surface area contributed by atoms with Gasteiger partial charge in [-0.25, -0.2) is 0 Å². The third-order valence-corrected chi connectivity index (χ3v) is 3.12. The van der Waals surface area contributed by atoms with Crippen molar-refractivity contribution in [3.63, 3.8) is 0 Å². The Hall–Kier alpha value is -1.22. The van der Waals surface area contributed by atoms with Crippen LogP contribution in [-0.4, -0.2) is 14.2 Å². The van der Waals surface area contributed by atoms with E-state index in [1.807, 2.05) is 18.2 Å². The van der Waals surface area contributed by atoms with Crippen molar-refractivity contribution in [1.29, 1.82) is 0 Å². The minimum atomic E-state index is 0.0772. The Kier molecular flexibility index (Phi) is 3.34. The molecule has 1 aliphatic carbocycles. The number of ether oxygens (including phenoxy) is 2. The van der Waals surface area contributed by atoms with E-state index in [0.29, 0.717) is 0 Å². The summed E-state index contributed by atoms with van der Waals surface area (Å²) in [6.07, 6.45) is 3.71. The van der Waals surface area contributed by atoms with Gasteiger partial charge in [0.2, 0.25) is 0 Å². The number of hydrogen-bond donors (Lipinski definition) is 1. The van der Waals surface area contributed by atoms with Crippen LogP contribution in [-0.2, 0) is 0 Å². The predicted octanol–water partition coefficient (Wildman–Crippen LogP) is 2.50. The molecule has 3 nitrogen and oxygen atoms in total. The molecule has 1 unspecified atom stereocenters. The molecule has 1 aliphatic rings. The molecule has 88 valence electrons. The number of rotatable bonds is 5. The van der Waals surface area contributed by atoms with E-state index in [0.717, 1.165) is 29.4 Å². The van der Waals surface area contributed by atoms with E-state index < -0.39 is 0 Å². The van der Waals surface area contributed by atoms with Crippen LogP contribution >= 0.6 is 0 Å². The highest BCUT2D eigenvalue weighted by atomic mass is 16.5. The summed E-state index contributed by atoms with van der Waals surface area (Å²) in [5.74, 6) is 2.45. The van der Waals surface area contributed by atoms with Gasteiger partial charge in [-0.2, -0.15) is 0 Å². The van der Waals surface area contributed by atoms with E-state index >= 15 is 0 Å². The fraction of sp³-hybridized carbons (Fsp3) is 0.538. The van der Waals surface area contributed by atoms with E-state index in [1.165, 1.54) is 12.8 Å². The zero-order valence-electron chi connectivity index (χ0n) is 9.90. The molecule has 1 saturated carbocycles. The number of benzene rings is 1. The first-order valence-electron chi connectivity index (χ1n) is 5.72. The van der Waals surface area contributed by atoms with Crippen LogP contribution in [0.5, 0.6) is 11.5 Å². The molecule has 1 fully saturated rings. The van der Waals surface area contributed by atoms with Crippen LogP contribution in [0.3, 0.4) is 0 Å². The first-order valence-corrected chi connectivity index (χ1v) is 5.72. The monoisotopic (exact) mass is 221 g/mol. The molecular formula is C13H19NO2. The van der Waals surface area contributed by atoms with E-state index in [9.17, 15) is 0 Å². The molecule has 0 radical (unpaired) electrons. The summed E-state index contributed by atoms with van der Waals surface area (Å²) in [5, 5.41) is 0. The van der Waals surface area contributed by atoms with Crippen molar-refractivity contribution < 1.29 is 9.47 Å². The van der Waals surface area contributed by atoms with Crippen LogP contribution in [0.1, 0.15) is 30.9 Å². The quantitative estimate of drug-likeness (QED) is 0.830. The lowest BCUT2D eigenvalue weighted by molar-refractivity contribution is 0.386. The van der Waals surface area contributed by atoms with Gasteiger partial charge in [-0.3, -0.25) is 0 Å². The Morgan fingerprint density at radius 2 is 2.06 bits per heavy atom. The van der Waals surface area contributed by atoms with Gasteiger partial charge in [0.25, 0.3) is 0 Å². The molecule has 0 bridgehead atoms. The van der Waals surface area contributed by atoms with Crippen molar-refractivity contribution in [2.75, 3.05) is 14.2 Å². The normalized spacial score (nSPS) is 16.9. The maximum atomic E-state index is 6.18. The number of nitrogens with two attached hydrogens (primary N) is 1. The minimum Gasteiger partial charge on any atom is -0.497 e. The van der Waals surface area contributed by atoms with Gasteiger partial charge in [-0.05, 0) is 18.4 Å². The van der Waals surface area contributed by atoms with Crippen molar-refractivity contribution >= 4 is 0 Å². The molecule has 0 aliphatic heterocycles. The van der Waals surface area contributed by atoms with Gasteiger partial charge in [0.1, 0.15) is 11.5 Å². The smallest absolute Gasteiger partial charge is 0.127 e. The van der Waals surface area contributed by atoms with Crippen molar-refractivity contribution in [2.24, 2.45) is 11.7 Å². The zero-order chi connectivity index (χ0) is 11.5. The third kappa shape index (κ3) is 2.47. The molecule has 0 amide bonds. The lowest BCUT2D eigenvalue weighted by Crippen LogP contribution is -2.12. The largest absolute Gasteiger partial charge is 0.497 e. The van der Waals surface area contributed by atoms with Crippen LogP contribution in [0.15, 0.2) is 18.2 Å². The summed E-state index contributed by atoms with van der Waals surface area (Å²) in [6.45, 7) is 0. The second-order valence-corrected chi connectivity index (χ2v) is 4.39. The molecule has 1 aromatic rings. The van der Waals surface area contributed by atoms with Gasteiger partial charge < -0.3 is 15.2 Å². The van der Waals surface area contributed by atoms with Crippen LogP contribution in [0.4, 0.5) is 0 Å². The first-order chi connectivity index (χ1) is 7.74. The summed E-state index contributed by atoms with van der Waals surface area (Å²) in [6, 6.07) is 5.91. The Balaban J connectivity index is 2.17. The highest BCUT2D eigenvalue weighted by molar-refractivity contribution is 5.42. The molecule has 3 heteroatoms. The standard InChI is InChI=1S/C13H19NO2/c1-15-10-5-6-11(13(8-10)16-2)12(14)7-9-3-4-9/h5-6,8-9,12H,3-4,7,14H2,1-2H3. The fourth-order valence-corrected chi connectivity index (χ4v) is 1.96. The summed E-state index contributed by atoms with van der Waals surface area (Å²) >= 11 is 0. The van der Waals surface area contributed by atoms with E-state index in [-0.39, 0.29) is 6.04 Å². The average molecular weight is 221 g/mol. The summed E-state index contributed by atoms with van der Waals surface area (Å²) in [7, 11) is 3.32. The first kappa shape index (κ1) is 11.3. The van der Waals surface area contributed by atoms with Crippen molar-refractivity contribution in [3.05, 3.63) is 23.8 Å². The van der Waals surface area contributed by atoms with E-state index in [4.69, 9.17) is 15.2 Å². The second-order valence-electron chi connectivity index (χ2n) is 4.39. The Morgan fingerprint density at radius 3 is 2.62 bits per heavy atom. The highest BCUT2D eigenvalue weighted by Gasteiger charge is 2.25. The summed E-state index contributed by atoms with van der Waals surface area (Å²) < 4.78 is 10.5. The predicted molar refractivity (Wildman–Crippen MR) is 63.8 cm³/mol. The SMILES string of the molecule is COc1ccc(C(N)CC2CC2)c(OC)c1. The maximum absolute atomic E-state index is 6.18. The molecular weight excluding hydrogens is 202 g/mol. The van der Waals surface area contributed by atoms with Crippen molar-refractivity contribution in [1.82, 2.24) is 0 Å². The Labute approximate surface area is 96.5 Å². The molecule has 0 aromatic heterocycles. The van der Waals surface area contributed by atoms with Gasteiger partial charge in [-0.1, -0.05) is 18.9 Å². The molecule has 0 spiro atoms. The van der Waals surface area contributed by atoms with Crippen molar-refractivity contribution in [3.8, 4) is 11.5 Å². The van der Waals surface area contributed by atoms with Crippen LogP contribution in [0.2, 0.25) is 0 Å². The molecule has 16 heavy (non-hydrogen) atoms. The molecule has 1 aromatic carbocycles. The lowest BCUT2D eigenvalue weighted by Gasteiger charge is -2.16. The molecule has 1 atom stereocenters. The van der Waals surface area contributed by atoms with Gasteiger partial charge in [0, 0.05) is 17.7 Å². The lowest BCUT2D eigenvalue weighted by atomic mass is 10.0. The fourth-order valence-electron chi connectivity index (χ4n) is 1.96. The number of methoxy groups -OCH3 is 2. The van der Waals surface area contributed by atoms with Crippen LogP contribution < -0.4 is 15.2 Å². The minimum absolute atomic E-state index is 0.0772. The Morgan fingerprint density at radius 1 is 1.31 bits per heavy atom. The topological polar surface area (TPSA) is 44.5 Å². The molecule has 2 rings (SSSR count). The Bertz CT molecular complexity index is 361. The maximum Gasteiger partial charge on any atom is 0.127 e. The highest BCUT2D eigenvalue weighted by Crippen LogP contribution is 2.39. The van der Waals surface area contributed by atoms with Crippen LogP contribution in [0, 0.1) is 5.92 Å². The van der Waals surface area contributed by atoms with Crippen LogP contribution in [0.25, 0.3) is 0 Å². The van der Waals surface area contributed by atoms with Crippen molar-refractivity contribution in [2.45, 2.75) is 25.3 Å². The van der Waals surface area contributed by atoms with Gasteiger partial charge in [-0.15, -0.1) is 0 Å². The summed E-state index contributed by atoms with van der Waals surface area (Å²) in [5.41, 5.74) is 7.26. The molecule has 2 N–H and O–H groups in total. The van der Waals surface area contributed by atoms with Gasteiger partial charge >= 0.3 is 0 Å². The number of hydrogen-bond acceptors (Lipinski definition) is 3. The van der Waals surface area contributed by atoms with Gasteiger partial charge in [0.15, 0.2) is 0 Å². The summed E-state index contributed by atoms with van der Waals surface area (Å²) in [4.78, 5) is 0.